The molecule has 0 saturated heterocycles. The number of carbonyl (C=O) groups is 1. The number of carbonyl (C=O) groups excluding carboxylic acids is 1. The molecule has 0 atom stereocenters. The number of anilines is 1. The number of nitrogens with one attached hydrogen (secondary N) is 1. The van der Waals surface area contributed by atoms with Crippen LogP contribution in [0.25, 0.3) is 0 Å². The van der Waals surface area contributed by atoms with Crippen molar-refractivity contribution in [1.29, 1.82) is 0 Å². The summed E-state index contributed by atoms with van der Waals surface area (Å²) in [6, 6.07) is 3.31. The summed E-state index contributed by atoms with van der Waals surface area (Å²) in [4.78, 5) is 16.3. The minimum absolute atomic E-state index is 0.327. The van der Waals surface area contributed by atoms with Gasteiger partial charge >= 0.3 is 0 Å². The molecule has 0 aliphatic rings. The molecule has 3 N–H and O–H groups in total. The monoisotopic (exact) mass is 393 g/mol. The van der Waals surface area contributed by atoms with Crippen molar-refractivity contribution in [3.05, 3.63) is 42.7 Å². The van der Waals surface area contributed by atoms with E-state index in [2.05, 4.69) is 26.2 Å². The van der Waals surface area contributed by atoms with Crippen molar-refractivity contribution in [2.45, 2.75) is 6.42 Å². The molecule has 1 aromatic heterocycles. The van der Waals surface area contributed by atoms with Crippen LogP contribution in [-0.2, 0) is 6.42 Å². The number of thiazole rings is 1. The number of benzene rings is 1. The van der Waals surface area contributed by atoms with Crippen molar-refractivity contribution < 1.29 is 4.79 Å². The second-order valence-electron chi connectivity index (χ2n) is 3.86. The first-order chi connectivity index (χ1) is 9.51. The second kappa shape index (κ2) is 6.87. The summed E-state index contributed by atoms with van der Waals surface area (Å²) in [6.07, 6.45) is 0.651. The Kier molecular flexibility index (Phi) is 5.40. The summed E-state index contributed by atoms with van der Waals surface area (Å²) in [5.41, 5.74) is 6.15. The van der Waals surface area contributed by atoms with Crippen molar-refractivity contribution in [2.24, 2.45) is 5.73 Å². The largest absolute Gasteiger partial charge is 0.330 e. The molecule has 0 unspecified atom stereocenters. The first-order valence-electron chi connectivity index (χ1n) is 5.61. The molecule has 1 heterocycles. The summed E-state index contributed by atoms with van der Waals surface area (Å²) < 4.78 is 0.740. The molecule has 0 aliphatic heterocycles. The Morgan fingerprint density at radius 3 is 2.65 bits per heavy atom. The van der Waals surface area contributed by atoms with Gasteiger partial charge in [-0.05, 0) is 18.7 Å². The van der Waals surface area contributed by atoms with E-state index < -0.39 is 0 Å². The van der Waals surface area contributed by atoms with Gasteiger partial charge in [0.2, 0.25) is 0 Å². The van der Waals surface area contributed by atoms with Crippen molar-refractivity contribution in [1.82, 2.24) is 4.98 Å². The van der Waals surface area contributed by atoms with E-state index in [0.29, 0.717) is 34.4 Å². The van der Waals surface area contributed by atoms with Crippen LogP contribution in [0.2, 0.25) is 10.0 Å². The molecule has 0 radical (unpaired) electrons. The lowest BCUT2D eigenvalue weighted by Crippen LogP contribution is -2.13. The van der Waals surface area contributed by atoms with Gasteiger partial charge in [0.25, 0.3) is 5.91 Å². The van der Waals surface area contributed by atoms with Crippen LogP contribution in [0.1, 0.15) is 15.5 Å². The van der Waals surface area contributed by atoms with Crippen LogP contribution in [0.4, 0.5) is 5.69 Å². The minimum atomic E-state index is -0.351. The van der Waals surface area contributed by atoms with E-state index in [1.165, 1.54) is 11.3 Å². The van der Waals surface area contributed by atoms with E-state index >= 15 is 0 Å². The molecule has 1 aromatic carbocycles. The van der Waals surface area contributed by atoms with Gasteiger partial charge in [0.15, 0.2) is 0 Å². The zero-order chi connectivity index (χ0) is 14.7. The van der Waals surface area contributed by atoms with E-state index in [0.717, 1.165) is 9.48 Å². The smallest absolute Gasteiger partial charge is 0.275 e. The molecule has 0 spiro atoms. The third kappa shape index (κ3) is 3.71. The van der Waals surface area contributed by atoms with Gasteiger partial charge in [-0.2, -0.15) is 0 Å². The summed E-state index contributed by atoms with van der Waals surface area (Å²) in [7, 11) is 0. The van der Waals surface area contributed by atoms with Crippen LogP contribution in [0.5, 0.6) is 0 Å². The predicted molar refractivity (Wildman–Crippen MR) is 87.0 cm³/mol. The fourth-order valence-corrected chi connectivity index (χ4v) is 3.59. The van der Waals surface area contributed by atoms with Crippen LogP contribution in [0, 0.1) is 0 Å². The second-order valence-corrected chi connectivity index (χ2v) is 6.54. The number of hydrogen-bond acceptors (Lipinski definition) is 4. The lowest BCUT2D eigenvalue weighted by molar-refractivity contribution is 0.102. The highest BCUT2D eigenvalue weighted by molar-refractivity contribution is 9.10. The molecular formula is C12H10BrCl2N3OS. The number of halogens is 3. The van der Waals surface area contributed by atoms with Crippen molar-refractivity contribution in [3.8, 4) is 0 Å². The highest BCUT2D eigenvalue weighted by atomic mass is 79.9. The highest BCUT2D eigenvalue weighted by Gasteiger charge is 2.15. The molecule has 106 valence electrons. The third-order valence-electron chi connectivity index (χ3n) is 2.39. The van der Waals surface area contributed by atoms with Gasteiger partial charge in [0, 0.05) is 16.3 Å². The van der Waals surface area contributed by atoms with E-state index in [4.69, 9.17) is 28.9 Å². The zero-order valence-corrected chi connectivity index (χ0v) is 14.0. The van der Waals surface area contributed by atoms with Gasteiger partial charge in [0.1, 0.15) is 5.69 Å². The minimum Gasteiger partial charge on any atom is -0.330 e. The van der Waals surface area contributed by atoms with Gasteiger partial charge in [-0.25, -0.2) is 4.98 Å². The quantitative estimate of drug-likeness (QED) is 0.824. The molecule has 20 heavy (non-hydrogen) atoms. The highest BCUT2D eigenvalue weighted by Crippen LogP contribution is 2.34. The van der Waals surface area contributed by atoms with E-state index in [9.17, 15) is 4.79 Å². The van der Waals surface area contributed by atoms with Gasteiger partial charge in [0.05, 0.1) is 20.7 Å². The Hall–Kier alpha value is -0.660. The lowest BCUT2D eigenvalue weighted by atomic mass is 10.3. The topological polar surface area (TPSA) is 68.0 Å². The van der Waals surface area contributed by atoms with Gasteiger partial charge in [-0.15, -0.1) is 11.3 Å². The van der Waals surface area contributed by atoms with Crippen molar-refractivity contribution >= 4 is 62.1 Å². The maximum Gasteiger partial charge on any atom is 0.275 e. The first-order valence-corrected chi connectivity index (χ1v) is 8.04. The molecule has 8 heteroatoms. The SMILES string of the molecule is NCCc1nc(C(=O)Nc2c(Cl)cc(Br)cc2Cl)cs1. The normalized spacial score (nSPS) is 10.6. The van der Waals surface area contributed by atoms with Crippen LogP contribution >= 0.6 is 50.5 Å². The average Bonchev–Trinajstić information content (AvgIpc) is 2.82. The van der Waals surface area contributed by atoms with Gasteiger partial charge in [-0.3, -0.25) is 4.79 Å². The number of rotatable bonds is 4. The zero-order valence-electron chi connectivity index (χ0n) is 10.1. The average molecular weight is 395 g/mol. The van der Waals surface area contributed by atoms with E-state index in [-0.39, 0.29) is 5.91 Å². The fraction of sp³-hybridized carbons (Fsp3) is 0.167. The molecule has 0 saturated carbocycles. The number of nitrogens with two attached hydrogens (primary N) is 1. The van der Waals surface area contributed by atoms with Crippen LogP contribution in [-0.4, -0.2) is 17.4 Å². The number of hydrogen-bond donors (Lipinski definition) is 2. The number of amides is 1. The van der Waals surface area contributed by atoms with Crippen LogP contribution in [0.3, 0.4) is 0 Å². The molecule has 0 fully saturated rings. The lowest BCUT2D eigenvalue weighted by Gasteiger charge is -2.08. The Bertz CT molecular complexity index is 624. The molecule has 0 bridgehead atoms. The standard InChI is InChI=1S/C12H10BrCl2N3OS/c13-6-3-7(14)11(8(15)4-6)18-12(19)9-5-20-10(17-9)1-2-16/h3-5H,1-2,16H2,(H,18,19). The molecule has 0 aliphatic carbocycles. The van der Waals surface area contributed by atoms with Crippen LogP contribution < -0.4 is 11.1 Å². The maximum atomic E-state index is 12.1. The van der Waals surface area contributed by atoms with Gasteiger partial charge < -0.3 is 11.1 Å². The van der Waals surface area contributed by atoms with E-state index in [1.807, 2.05) is 0 Å². The van der Waals surface area contributed by atoms with Crippen molar-refractivity contribution in [3.63, 3.8) is 0 Å². The van der Waals surface area contributed by atoms with E-state index in [1.54, 1.807) is 17.5 Å². The third-order valence-corrected chi connectivity index (χ3v) is 4.35. The van der Waals surface area contributed by atoms with Crippen molar-refractivity contribution in [2.75, 3.05) is 11.9 Å². The summed E-state index contributed by atoms with van der Waals surface area (Å²) in [6.45, 7) is 0.499. The Labute approximate surface area is 138 Å². The summed E-state index contributed by atoms with van der Waals surface area (Å²) >= 11 is 16.8. The maximum absolute atomic E-state index is 12.1. The molecular weight excluding hydrogens is 385 g/mol. The number of nitrogens with zero attached hydrogens (tertiary/aromatic N) is 1. The molecule has 4 nitrogen and oxygen atoms in total. The predicted octanol–water partition coefficient (Wildman–Crippen LogP) is 3.97. The van der Waals surface area contributed by atoms with Crippen LogP contribution in [0.15, 0.2) is 22.0 Å². The van der Waals surface area contributed by atoms with Gasteiger partial charge in [-0.1, -0.05) is 39.1 Å². The molecule has 2 aromatic rings. The first kappa shape index (κ1) is 15.7. The molecule has 1 amide bonds. The summed E-state index contributed by atoms with van der Waals surface area (Å²) in [5.74, 6) is -0.351. The Balaban J connectivity index is 2.19. The summed E-state index contributed by atoms with van der Waals surface area (Å²) in [5, 5.41) is 5.89. The Morgan fingerprint density at radius 2 is 2.05 bits per heavy atom. The fourth-order valence-electron chi connectivity index (χ4n) is 1.49. The Morgan fingerprint density at radius 1 is 1.40 bits per heavy atom. The number of aromatic nitrogens is 1. The molecule has 2 rings (SSSR count).